The molecule has 1 unspecified atom stereocenters. The highest BCUT2D eigenvalue weighted by Gasteiger charge is 2.11. The molecule has 1 atom stereocenters. The van der Waals surface area contributed by atoms with Crippen LogP contribution in [0.5, 0.6) is 0 Å². The van der Waals surface area contributed by atoms with Gasteiger partial charge in [-0.2, -0.15) is 0 Å². The molecule has 4 heteroatoms. The van der Waals surface area contributed by atoms with Crippen molar-refractivity contribution in [3.05, 3.63) is 41.7 Å². The summed E-state index contributed by atoms with van der Waals surface area (Å²) in [5.74, 6) is 1.23. The summed E-state index contributed by atoms with van der Waals surface area (Å²) in [5, 5.41) is 3.45. The SMILES string of the molecule is CC(CN)c1ncc(-c2csc3ccccc23)[nH]1. The fourth-order valence-electron chi connectivity index (χ4n) is 2.02. The predicted octanol–water partition coefficient (Wildman–Crippen LogP) is 3.35. The zero-order valence-electron chi connectivity index (χ0n) is 10.2. The highest BCUT2D eigenvalue weighted by Crippen LogP contribution is 2.33. The van der Waals surface area contributed by atoms with Gasteiger partial charge in [0.1, 0.15) is 5.82 Å². The van der Waals surface area contributed by atoms with Crippen molar-refractivity contribution in [2.24, 2.45) is 5.73 Å². The average Bonchev–Trinajstić information content (AvgIpc) is 3.03. The van der Waals surface area contributed by atoms with E-state index in [1.165, 1.54) is 15.6 Å². The normalized spacial score (nSPS) is 13.0. The van der Waals surface area contributed by atoms with Crippen molar-refractivity contribution in [2.45, 2.75) is 12.8 Å². The molecular formula is C14H15N3S. The first kappa shape index (κ1) is 11.4. The summed E-state index contributed by atoms with van der Waals surface area (Å²) in [7, 11) is 0. The molecule has 3 N–H and O–H groups in total. The topological polar surface area (TPSA) is 54.7 Å². The molecule has 2 aromatic heterocycles. The van der Waals surface area contributed by atoms with Crippen LogP contribution in [0.3, 0.4) is 0 Å². The zero-order chi connectivity index (χ0) is 12.5. The first-order valence-corrected chi connectivity index (χ1v) is 6.89. The van der Waals surface area contributed by atoms with Crippen molar-refractivity contribution in [3.63, 3.8) is 0 Å². The molecule has 0 saturated heterocycles. The predicted molar refractivity (Wildman–Crippen MR) is 76.9 cm³/mol. The van der Waals surface area contributed by atoms with Crippen molar-refractivity contribution in [3.8, 4) is 11.3 Å². The Morgan fingerprint density at radius 3 is 3.06 bits per heavy atom. The van der Waals surface area contributed by atoms with Gasteiger partial charge in [-0.15, -0.1) is 11.3 Å². The third-order valence-electron chi connectivity index (χ3n) is 3.19. The maximum atomic E-state index is 5.66. The second-order valence-electron chi connectivity index (χ2n) is 4.46. The van der Waals surface area contributed by atoms with Crippen LogP contribution in [0.4, 0.5) is 0 Å². The Balaban J connectivity index is 2.07. The number of hydrogen-bond acceptors (Lipinski definition) is 3. The van der Waals surface area contributed by atoms with Crippen LogP contribution in [0.2, 0.25) is 0 Å². The third-order valence-corrected chi connectivity index (χ3v) is 4.15. The Morgan fingerprint density at radius 1 is 1.39 bits per heavy atom. The van der Waals surface area contributed by atoms with E-state index in [1.807, 2.05) is 6.20 Å². The Hall–Kier alpha value is -1.65. The summed E-state index contributed by atoms with van der Waals surface area (Å²) in [6, 6.07) is 8.42. The molecule has 2 heterocycles. The molecule has 0 radical (unpaired) electrons. The van der Waals surface area contributed by atoms with Crippen LogP contribution < -0.4 is 5.73 Å². The van der Waals surface area contributed by atoms with Crippen molar-refractivity contribution in [2.75, 3.05) is 6.54 Å². The second kappa shape index (κ2) is 4.55. The van der Waals surface area contributed by atoms with E-state index < -0.39 is 0 Å². The number of fused-ring (bicyclic) bond motifs is 1. The minimum atomic E-state index is 0.267. The van der Waals surface area contributed by atoms with E-state index in [4.69, 9.17) is 5.73 Å². The van der Waals surface area contributed by atoms with Gasteiger partial charge in [0.2, 0.25) is 0 Å². The molecule has 0 saturated carbocycles. The van der Waals surface area contributed by atoms with E-state index in [1.54, 1.807) is 11.3 Å². The van der Waals surface area contributed by atoms with E-state index in [-0.39, 0.29) is 5.92 Å². The van der Waals surface area contributed by atoms with Crippen LogP contribution in [-0.2, 0) is 0 Å². The number of benzene rings is 1. The smallest absolute Gasteiger partial charge is 0.110 e. The van der Waals surface area contributed by atoms with Crippen molar-refractivity contribution >= 4 is 21.4 Å². The quantitative estimate of drug-likeness (QED) is 0.756. The summed E-state index contributed by atoms with van der Waals surface area (Å²) in [4.78, 5) is 7.79. The van der Waals surface area contributed by atoms with Gasteiger partial charge in [-0.05, 0) is 6.07 Å². The van der Waals surface area contributed by atoms with Gasteiger partial charge in [0, 0.05) is 33.5 Å². The molecule has 0 spiro atoms. The summed E-state index contributed by atoms with van der Waals surface area (Å²) >= 11 is 1.76. The van der Waals surface area contributed by atoms with Crippen LogP contribution in [0.1, 0.15) is 18.7 Å². The van der Waals surface area contributed by atoms with Crippen LogP contribution in [0.15, 0.2) is 35.8 Å². The molecule has 92 valence electrons. The van der Waals surface area contributed by atoms with E-state index in [0.717, 1.165) is 11.5 Å². The Morgan fingerprint density at radius 2 is 2.22 bits per heavy atom. The number of H-pyrrole nitrogens is 1. The molecule has 0 aliphatic carbocycles. The first-order chi connectivity index (χ1) is 8.79. The first-order valence-electron chi connectivity index (χ1n) is 6.01. The van der Waals surface area contributed by atoms with Gasteiger partial charge in [-0.1, -0.05) is 25.1 Å². The molecule has 3 aromatic rings. The summed E-state index contributed by atoms with van der Waals surface area (Å²) < 4.78 is 1.30. The number of rotatable bonds is 3. The highest BCUT2D eigenvalue weighted by molar-refractivity contribution is 7.17. The fraction of sp³-hybridized carbons (Fsp3) is 0.214. The summed E-state index contributed by atoms with van der Waals surface area (Å²) in [6.07, 6.45) is 1.90. The summed E-state index contributed by atoms with van der Waals surface area (Å²) in [6.45, 7) is 2.69. The van der Waals surface area contributed by atoms with Gasteiger partial charge in [-0.25, -0.2) is 4.98 Å². The number of thiophene rings is 1. The largest absolute Gasteiger partial charge is 0.342 e. The Labute approximate surface area is 110 Å². The van der Waals surface area contributed by atoms with Gasteiger partial charge < -0.3 is 10.7 Å². The number of imidazole rings is 1. The molecule has 3 nitrogen and oxygen atoms in total. The van der Waals surface area contributed by atoms with Gasteiger partial charge in [0.25, 0.3) is 0 Å². The average molecular weight is 257 g/mol. The lowest BCUT2D eigenvalue weighted by molar-refractivity contribution is 0.725. The van der Waals surface area contributed by atoms with E-state index in [0.29, 0.717) is 6.54 Å². The minimum absolute atomic E-state index is 0.267. The van der Waals surface area contributed by atoms with E-state index in [9.17, 15) is 0 Å². The molecule has 0 aliphatic rings. The maximum absolute atomic E-state index is 5.66. The van der Waals surface area contributed by atoms with Gasteiger partial charge in [0.15, 0.2) is 0 Å². The van der Waals surface area contributed by atoms with Crippen LogP contribution in [0.25, 0.3) is 21.3 Å². The number of aromatic amines is 1. The molecule has 0 amide bonds. The molecule has 0 aliphatic heterocycles. The molecule has 0 bridgehead atoms. The van der Waals surface area contributed by atoms with Gasteiger partial charge >= 0.3 is 0 Å². The van der Waals surface area contributed by atoms with Crippen molar-refractivity contribution in [1.82, 2.24) is 9.97 Å². The van der Waals surface area contributed by atoms with Crippen LogP contribution >= 0.6 is 11.3 Å². The molecule has 18 heavy (non-hydrogen) atoms. The fourth-order valence-corrected chi connectivity index (χ4v) is 2.98. The lowest BCUT2D eigenvalue weighted by Crippen LogP contribution is -2.10. The second-order valence-corrected chi connectivity index (χ2v) is 5.38. The Bertz CT molecular complexity index is 668. The highest BCUT2D eigenvalue weighted by atomic mass is 32.1. The monoisotopic (exact) mass is 257 g/mol. The lowest BCUT2D eigenvalue weighted by atomic mass is 10.1. The number of nitrogens with zero attached hydrogens (tertiary/aromatic N) is 1. The number of nitrogens with one attached hydrogen (secondary N) is 1. The summed E-state index contributed by atoms with van der Waals surface area (Å²) in [5.41, 5.74) is 7.96. The molecular weight excluding hydrogens is 242 g/mol. The van der Waals surface area contributed by atoms with E-state index in [2.05, 4.69) is 46.5 Å². The lowest BCUT2D eigenvalue weighted by Gasteiger charge is -2.03. The standard InChI is InChI=1S/C14H15N3S/c1-9(6-15)14-16-7-12(17-14)11-8-18-13-5-3-2-4-10(11)13/h2-5,7-9H,6,15H2,1H3,(H,16,17). The number of aromatic nitrogens is 2. The van der Waals surface area contributed by atoms with Crippen LogP contribution in [-0.4, -0.2) is 16.5 Å². The Kier molecular flexibility index (Phi) is 2.89. The number of hydrogen-bond donors (Lipinski definition) is 2. The molecule has 3 rings (SSSR count). The van der Waals surface area contributed by atoms with Gasteiger partial charge in [0.05, 0.1) is 11.9 Å². The third kappa shape index (κ3) is 1.83. The van der Waals surface area contributed by atoms with Crippen molar-refractivity contribution < 1.29 is 0 Å². The van der Waals surface area contributed by atoms with Crippen LogP contribution in [0, 0.1) is 0 Å². The molecule has 1 aromatic carbocycles. The molecule has 0 fully saturated rings. The number of nitrogens with two attached hydrogens (primary N) is 1. The zero-order valence-corrected chi connectivity index (χ0v) is 11.0. The minimum Gasteiger partial charge on any atom is -0.342 e. The van der Waals surface area contributed by atoms with Gasteiger partial charge in [-0.3, -0.25) is 0 Å². The van der Waals surface area contributed by atoms with E-state index >= 15 is 0 Å². The van der Waals surface area contributed by atoms with Crippen molar-refractivity contribution in [1.29, 1.82) is 0 Å². The maximum Gasteiger partial charge on any atom is 0.110 e.